The molecule has 4 N–H and O–H groups in total. The normalized spacial score (nSPS) is 14.8. The first-order valence-corrected chi connectivity index (χ1v) is 13.2. The molecule has 3 heterocycles. The van der Waals surface area contributed by atoms with Gasteiger partial charge in [-0.3, -0.25) is 20.0 Å². The highest BCUT2D eigenvalue weighted by Gasteiger charge is 2.32. The number of aliphatic carboxylic acids is 1. The molecule has 1 unspecified atom stereocenters. The Morgan fingerprint density at radius 2 is 1.72 bits per heavy atom. The lowest BCUT2D eigenvalue weighted by Crippen LogP contribution is -2.50. The average molecular weight is 538 g/mol. The van der Waals surface area contributed by atoms with Crippen molar-refractivity contribution in [2.75, 3.05) is 18.1 Å². The van der Waals surface area contributed by atoms with Crippen molar-refractivity contribution in [3.05, 3.63) is 95.3 Å². The minimum Gasteiger partial charge on any atom is -0.480 e. The van der Waals surface area contributed by atoms with Gasteiger partial charge >= 0.3 is 5.97 Å². The van der Waals surface area contributed by atoms with Crippen LogP contribution in [0.2, 0.25) is 0 Å². The van der Waals surface area contributed by atoms with Crippen LogP contribution in [0.3, 0.4) is 0 Å². The highest BCUT2D eigenvalue weighted by molar-refractivity contribution is 7.99. The van der Waals surface area contributed by atoms with Crippen LogP contribution in [-0.4, -0.2) is 61.9 Å². The van der Waals surface area contributed by atoms with E-state index in [2.05, 4.69) is 27.2 Å². The second kappa shape index (κ2) is 11.3. The minimum atomic E-state index is -0.987. The van der Waals surface area contributed by atoms with Crippen LogP contribution in [0.1, 0.15) is 31.8 Å². The number of benzene rings is 2. The molecule has 1 aliphatic heterocycles. The van der Waals surface area contributed by atoms with Crippen LogP contribution in [0.5, 0.6) is 0 Å². The fraction of sp³-hybridized carbons (Fsp3) is 0.138. The first kappa shape index (κ1) is 25.9. The number of nitrogens with two attached hydrogens (primary N) is 1. The second-order valence-corrected chi connectivity index (χ2v) is 9.90. The summed E-state index contributed by atoms with van der Waals surface area (Å²) < 4.78 is 0. The smallest absolute Gasteiger partial charge is 0.327 e. The summed E-state index contributed by atoms with van der Waals surface area (Å²) >= 11 is 1.54. The van der Waals surface area contributed by atoms with E-state index in [1.165, 1.54) is 16.7 Å². The molecule has 194 valence electrons. The largest absolute Gasteiger partial charge is 0.480 e. The third-order valence-electron chi connectivity index (χ3n) is 6.32. The number of nitrogens with one attached hydrogen (secondary N) is 1. The Labute approximate surface area is 228 Å². The summed E-state index contributed by atoms with van der Waals surface area (Å²) in [6.45, 7) is 0.408. The first-order chi connectivity index (χ1) is 18.9. The van der Waals surface area contributed by atoms with E-state index in [4.69, 9.17) is 5.84 Å². The Morgan fingerprint density at radius 3 is 2.38 bits per heavy atom. The lowest BCUT2D eigenvalue weighted by atomic mass is 10.0. The number of carboxylic acids is 1. The number of nitrogen functional groups attached to an aromatic ring is 1. The summed E-state index contributed by atoms with van der Waals surface area (Å²) in [5, 5.41) is 10.1. The van der Waals surface area contributed by atoms with Gasteiger partial charge in [-0.25, -0.2) is 15.6 Å². The van der Waals surface area contributed by atoms with E-state index in [1.807, 2.05) is 24.3 Å². The van der Waals surface area contributed by atoms with Crippen LogP contribution in [-0.2, 0) is 4.79 Å². The van der Waals surface area contributed by atoms with Crippen molar-refractivity contribution in [1.82, 2.24) is 20.3 Å². The van der Waals surface area contributed by atoms with Crippen LogP contribution in [0.25, 0.3) is 22.2 Å². The predicted octanol–water partition coefficient (Wildman–Crippen LogP) is 2.94. The summed E-state index contributed by atoms with van der Waals surface area (Å²) in [5.41, 5.74) is 6.54. The second-order valence-electron chi connectivity index (χ2n) is 8.75. The highest BCUT2D eigenvalue weighted by Crippen LogP contribution is 2.25. The number of carbonyl (C=O) groups is 3. The first-order valence-electron chi connectivity index (χ1n) is 12.0. The van der Waals surface area contributed by atoms with E-state index in [9.17, 15) is 19.5 Å². The quantitative estimate of drug-likeness (QED) is 0.156. The maximum atomic E-state index is 12.9. The fourth-order valence-electron chi connectivity index (χ4n) is 4.26. The van der Waals surface area contributed by atoms with Crippen molar-refractivity contribution >= 4 is 40.4 Å². The standard InChI is InChI=1S/C29H23N5O4S/c30-33-27(35)22-15-25(32-24-11-12-31-16-23(22)24)20-7-3-18(4-8-20)1-2-19-5-9-21(10-6-19)28(36)34-13-14-39-17-26(34)29(37)38/h3-12,15-16,26H,13-14,17,30H2,(H,33,35)(H,37,38). The third kappa shape index (κ3) is 5.60. The lowest BCUT2D eigenvalue weighted by Gasteiger charge is -2.32. The van der Waals surface area contributed by atoms with E-state index in [1.54, 1.807) is 48.8 Å². The molecule has 5 rings (SSSR count). The molecule has 1 atom stereocenters. The van der Waals surface area contributed by atoms with Crippen LogP contribution in [0.15, 0.2) is 73.1 Å². The van der Waals surface area contributed by atoms with Gasteiger partial charge in [0.25, 0.3) is 11.8 Å². The van der Waals surface area contributed by atoms with Gasteiger partial charge in [0, 0.05) is 58.1 Å². The molecule has 0 radical (unpaired) electrons. The van der Waals surface area contributed by atoms with E-state index < -0.39 is 17.9 Å². The van der Waals surface area contributed by atoms with Gasteiger partial charge in [-0.05, 0) is 48.5 Å². The van der Waals surface area contributed by atoms with Crippen LogP contribution in [0, 0.1) is 11.8 Å². The zero-order valence-electron chi connectivity index (χ0n) is 20.6. The van der Waals surface area contributed by atoms with Crippen LogP contribution in [0.4, 0.5) is 0 Å². The lowest BCUT2D eigenvalue weighted by molar-refractivity contribution is -0.141. The van der Waals surface area contributed by atoms with E-state index in [0.29, 0.717) is 40.0 Å². The fourth-order valence-corrected chi connectivity index (χ4v) is 5.30. The minimum absolute atomic E-state index is 0.288. The van der Waals surface area contributed by atoms with Crippen molar-refractivity contribution in [3.63, 3.8) is 0 Å². The van der Waals surface area contributed by atoms with Gasteiger partial charge in [-0.2, -0.15) is 11.8 Å². The molecule has 2 amide bonds. The van der Waals surface area contributed by atoms with Crippen LogP contribution < -0.4 is 11.3 Å². The van der Waals surface area contributed by atoms with Crippen molar-refractivity contribution in [3.8, 4) is 23.1 Å². The Kier molecular flexibility index (Phi) is 7.54. The van der Waals surface area contributed by atoms with Crippen molar-refractivity contribution in [2.24, 2.45) is 5.84 Å². The predicted molar refractivity (Wildman–Crippen MR) is 149 cm³/mol. The van der Waals surface area contributed by atoms with Gasteiger partial charge in [0.05, 0.1) is 16.8 Å². The molecule has 1 aliphatic rings. The zero-order chi connectivity index (χ0) is 27.4. The molecular formula is C29H23N5O4S. The number of carbonyl (C=O) groups excluding carboxylic acids is 2. The number of fused-ring (bicyclic) bond motifs is 1. The Morgan fingerprint density at radius 1 is 1.03 bits per heavy atom. The SMILES string of the molecule is NNC(=O)c1cc(-c2ccc(C#Cc3ccc(C(=O)N4CCSCC4C(=O)O)cc3)cc2)nc2ccncc12. The number of hydrogen-bond acceptors (Lipinski definition) is 7. The molecule has 1 fully saturated rings. The van der Waals surface area contributed by atoms with Gasteiger partial charge in [-0.1, -0.05) is 24.0 Å². The highest BCUT2D eigenvalue weighted by atomic mass is 32.2. The van der Waals surface area contributed by atoms with Gasteiger partial charge in [-0.15, -0.1) is 0 Å². The summed E-state index contributed by atoms with van der Waals surface area (Å²) in [5.74, 6) is 11.0. The number of amides is 2. The maximum Gasteiger partial charge on any atom is 0.327 e. The molecule has 39 heavy (non-hydrogen) atoms. The van der Waals surface area contributed by atoms with E-state index in [0.717, 1.165) is 22.4 Å². The summed E-state index contributed by atoms with van der Waals surface area (Å²) in [7, 11) is 0. The number of thioether (sulfide) groups is 1. The summed E-state index contributed by atoms with van der Waals surface area (Å²) in [6.07, 6.45) is 3.20. The maximum absolute atomic E-state index is 12.9. The van der Waals surface area contributed by atoms with Crippen molar-refractivity contribution < 1.29 is 19.5 Å². The number of carboxylic acid groups (broad SMARTS) is 1. The number of hydrogen-bond donors (Lipinski definition) is 3. The molecule has 9 nitrogen and oxygen atoms in total. The van der Waals surface area contributed by atoms with Gasteiger partial charge in [0.2, 0.25) is 0 Å². The third-order valence-corrected chi connectivity index (χ3v) is 7.35. The zero-order valence-corrected chi connectivity index (χ0v) is 21.4. The number of rotatable bonds is 4. The van der Waals surface area contributed by atoms with Crippen molar-refractivity contribution in [2.45, 2.75) is 6.04 Å². The molecule has 0 spiro atoms. The van der Waals surface area contributed by atoms with Crippen LogP contribution >= 0.6 is 11.8 Å². The molecular weight excluding hydrogens is 514 g/mol. The summed E-state index contributed by atoms with van der Waals surface area (Å²) in [4.78, 5) is 46.9. The summed E-state index contributed by atoms with van der Waals surface area (Å²) in [6, 6.07) is 16.9. The average Bonchev–Trinajstić information content (AvgIpc) is 2.99. The Hall–Kier alpha value is -4.72. The molecule has 1 saturated heterocycles. The molecule has 2 aromatic carbocycles. The van der Waals surface area contributed by atoms with Gasteiger partial charge < -0.3 is 10.0 Å². The number of nitrogens with zero attached hydrogens (tertiary/aromatic N) is 3. The van der Waals surface area contributed by atoms with Gasteiger partial charge in [0.1, 0.15) is 6.04 Å². The van der Waals surface area contributed by atoms with Gasteiger partial charge in [0.15, 0.2) is 0 Å². The molecule has 10 heteroatoms. The molecule has 0 saturated carbocycles. The molecule has 2 aromatic heterocycles. The number of hydrazine groups is 1. The Balaban J connectivity index is 1.33. The van der Waals surface area contributed by atoms with E-state index in [-0.39, 0.29) is 5.91 Å². The monoisotopic (exact) mass is 537 g/mol. The molecule has 4 aromatic rings. The Bertz CT molecular complexity index is 1630. The molecule has 0 aliphatic carbocycles. The molecule has 0 bridgehead atoms. The van der Waals surface area contributed by atoms with Crippen molar-refractivity contribution in [1.29, 1.82) is 0 Å². The number of pyridine rings is 2. The van der Waals surface area contributed by atoms with E-state index >= 15 is 0 Å². The number of aromatic nitrogens is 2. The topological polar surface area (TPSA) is 139 Å².